The maximum atomic E-state index is 6.98. The standard InChI is InChI=1S/C88H75N5O/c1-44-29-34-74-66(39-44)67-40-45(2)30-35-75(67)93(74)84-57(14)53(10)82-80-51(8)47(4)49(6)55(12)86(80)91(88(82)59(84)16)62-33-38-78-70(43-62)69-42-61(32-37-77(69)94-78)90-85-54(11)48(5)46(3)50(7)79(85)81-52(9)56(13)83(58(15)87(81)90)92-73-28-22-19-25-65(73)68-41-60(31-36-76(68)92)89-71-26-20-17-23-63(71)64-24-18-21-27-72(64)89/h17-43H,1-16H3. The summed E-state index contributed by atoms with van der Waals surface area (Å²) in [6.45, 7) is 37.3. The van der Waals surface area contributed by atoms with E-state index in [-0.39, 0.29) is 0 Å². The predicted molar refractivity (Wildman–Crippen MR) is 401 cm³/mol. The molecule has 0 aliphatic carbocycles. The topological polar surface area (TPSA) is 37.8 Å². The number of benzene rings is 12. The molecule has 6 aromatic heterocycles. The molecule has 94 heavy (non-hydrogen) atoms. The minimum atomic E-state index is 0.870. The van der Waals surface area contributed by atoms with Crippen molar-refractivity contribution in [2.45, 2.75) is 111 Å². The highest BCUT2D eigenvalue weighted by Gasteiger charge is 2.31. The summed E-state index contributed by atoms with van der Waals surface area (Å²) in [5.74, 6) is 0. The fraction of sp³-hybridized carbons (Fsp3) is 0.182. The Kier molecular flexibility index (Phi) is 11.7. The van der Waals surface area contributed by atoms with Crippen LogP contribution in [0.1, 0.15) is 89.0 Å². The fourth-order valence-electron chi connectivity index (χ4n) is 17.7. The van der Waals surface area contributed by atoms with E-state index in [1.54, 1.807) is 0 Å². The summed E-state index contributed by atoms with van der Waals surface area (Å²) < 4.78 is 19.8. The van der Waals surface area contributed by atoms with Gasteiger partial charge >= 0.3 is 0 Å². The first-order valence-corrected chi connectivity index (χ1v) is 33.4. The molecule has 12 aromatic carbocycles. The molecular formula is C88H75N5O. The van der Waals surface area contributed by atoms with E-state index in [9.17, 15) is 0 Å². The molecule has 0 radical (unpaired) electrons. The fourth-order valence-corrected chi connectivity index (χ4v) is 17.7. The minimum Gasteiger partial charge on any atom is -0.456 e. The second-order valence-electron chi connectivity index (χ2n) is 27.8. The lowest BCUT2D eigenvalue weighted by atomic mass is 9.91. The molecule has 6 heteroatoms. The van der Waals surface area contributed by atoms with E-state index in [1.165, 1.54) is 209 Å². The Morgan fingerprint density at radius 3 is 0.936 bits per heavy atom. The first-order valence-electron chi connectivity index (χ1n) is 33.4. The smallest absolute Gasteiger partial charge is 0.135 e. The van der Waals surface area contributed by atoms with Gasteiger partial charge in [-0.05, 0) is 286 Å². The first-order chi connectivity index (χ1) is 45.3. The normalized spacial score (nSPS) is 12.5. The molecule has 0 N–H and O–H groups in total. The molecule has 18 rings (SSSR count). The Morgan fingerprint density at radius 1 is 0.213 bits per heavy atom. The zero-order valence-electron chi connectivity index (χ0n) is 56.7. The van der Waals surface area contributed by atoms with E-state index in [0.29, 0.717) is 0 Å². The van der Waals surface area contributed by atoms with Gasteiger partial charge in [0.15, 0.2) is 0 Å². The zero-order valence-corrected chi connectivity index (χ0v) is 56.7. The van der Waals surface area contributed by atoms with Crippen molar-refractivity contribution >= 4 is 131 Å². The van der Waals surface area contributed by atoms with Crippen LogP contribution in [0.3, 0.4) is 0 Å². The third-order valence-corrected chi connectivity index (χ3v) is 23.2. The van der Waals surface area contributed by atoms with Crippen molar-refractivity contribution in [3.05, 3.63) is 253 Å². The van der Waals surface area contributed by atoms with Crippen molar-refractivity contribution in [1.29, 1.82) is 0 Å². The molecule has 6 nitrogen and oxygen atoms in total. The number of aryl methyl sites for hydroxylation is 10. The average Bonchev–Trinajstić information content (AvgIpc) is 1.53. The number of nitrogens with zero attached hydrogens (tertiary/aromatic N) is 5. The van der Waals surface area contributed by atoms with Crippen molar-refractivity contribution in [3.8, 4) is 28.4 Å². The molecule has 0 unspecified atom stereocenters. The summed E-state index contributed by atoms with van der Waals surface area (Å²) in [5.41, 5.74) is 40.7. The van der Waals surface area contributed by atoms with Gasteiger partial charge in [0.05, 0.1) is 66.5 Å². The van der Waals surface area contributed by atoms with Gasteiger partial charge in [-0.25, -0.2) is 0 Å². The van der Waals surface area contributed by atoms with Gasteiger partial charge in [-0.15, -0.1) is 0 Å². The van der Waals surface area contributed by atoms with E-state index in [2.05, 4.69) is 297 Å². The van der Waals surface area contributed by atoms with E-state index in [1.807, 2.05) is 0 Å². The van der Waals surface area contributed by atoms with Crippen molar-refractivity contribution in [2.75, 3.05) is 0 Å². The Bertz CT molecular complexity index is 6410. The van der Waals surface area contributed by atoms with E-state index < -0.39 is 0 Å². The number of fused-ring (bicyclic) bond motifs is 18. The molecule has 0 atom stereocenters. The molecule has 0 saturated carbocycles. The van der Waals surface area contributed by atoms with Gasteiger partial charge in [0.25, 0.3) is 0 Å². The highest BCUT2D eigenvalue weighted by molar-refractivity contribution is 6.20. The number of para-hydroxylation sites is 3. The summed E-state index contributed by atoms with van der Waals surface area (Å²) >= 11 is 0. The van der Waals surface area contributed by atoms with Gasteiger partial charge in [-0.2, -0.15) is 0 Å². The van der Waals surface area contributed by atoms with E-state index in [0.717, 1.165) is 39.0 Å². The van der Waals surface area contributed by atoms with Gasteiger partial charge in [-0.1, -0.05) is 77.9 Å². The maximum absolute atomic E-state index is 6.98. The lowest BCUT2D eigenvalue weighted by molar-refractivity contribution is 0.669. The predicted octanol–water partition coefficient (Wildman–Crippen LogP) is 24.0. The Labute approximate surface area is 547 Å². The Balaban J connectivity index is 0.893. The SMILES string of the molecule is Cc1ccc2c(c1)c1cc(C)ccc1n2-c1c(C)c(C)c2c3c(C)c(C)c(C)c(C)c3n(-c3ccc4oc5ccc(-n6c7c(C)c(C)c(C)c(C)c7c7c(C)c(C)c(-n8c9ccccc9c9cc(-n%10c%11ccccc%11c%11ccccc%11%10)ccc98)c(C)c76)cc5c4c3)c2c1C. The maximum Gasteiger partial charge on any atom is 0.135 e. The monoisotopic (exact) mass is 1220 g/mol. The van der Waals surface area contributed by atoms with Crippen LogP contribution in [0.5, 0.6) is 0 Å². The quantitative estimate of drug-likeness (QED) is 0.169. The molecule has 6 heterocycles. The van der Waals surface area contributed by atoms with Crippen LogP contribution in [0.4, 0.5) is 0 Å². The van der Waals surface area contributed by atoms with Crippen molar-refractivity contribution in [2.24, 2.45) is 0 Å². The average molecular weight is 1220 g/mol. The molecule has 0 bridgehead atoms. The van der Waals surface area contributed by atoms with Crippen molar-refractivity contribution in [1.82, 2.24) is 22.8 Å². The van der Waals surface area contributed by atoms with E-state index >= 15 is 0 Å². The molecule has 0 spiro atoms. The molecular weight excluding hydrogens is 1140 g/mol. The number of rotatable bonds is 5. The van der Waals surface area contributed by atoms with Crippen LogP contribution in [0, 0.1) is 111 Å². The minimum absolute atomic E-state index is 0.870. The first kappa shape index (κ1) is 56.2. The van der Waals surface area contributed by atoms with Crippen LogP contribution < -0.4 is 0 Å². The lowest BCUT2D eigenvalue weighted by Crippen LogP contribution is -2.05. The molecule has 0 saturated heterocycles. The lowest BCUT2D eigenvalue weighted by Gasteiger charge is -2.20. The largest absolute Gasteiger partial charge is 0.456 e. The van der Waals surface area contributed by atoms with Gasteiger partial charge in [0.2, 0.25) is 0 Å². The van der Waals surface area contributed by atoms with Crippen LogP contribution >= 0.6 is 0 Å². The number of hydrogen-bond donors (Lipinski definition) is 0. The number of furan rings is 1. The molecule has 18 aromatic rings. The van der Waals surface area contributed by atoms with Crippen LogP contribution in [0.2, 0.25) is 0 Å². The Hall–Kier alpha value is -10.6. The molecule has 458 valence electrons. The summed E-state index contributed by atoms with van der Waals surface area (Å²) in [7, 11) is 0. The summed E-state index contributed by atoms with van der Waals surface area (Å²) in [5, 5.41) is 15.1. The summed E-state index contributed by atoms with van der Waals surface area (Å²) in [6.07, 6.45) is 0. The number of aromatic nitrogens is 5. The molecule has 0 aliphatic rings. The third kappa shape index (κ3) is 7.15. The highest BCUT2D eigenvalue weighted by Crippen LogP contribution is 2.50. The molecule has 0 aliphatic heterocycles. The summed E-state index contributed by atoms with van der Waals surface area (Å²) in [4.78, 5) is 0. The van der Waals surface area contributed by atoms with Crippen LogP contribution in [0.25, 0.3) is 159 Å². The van der Waals surface area contributed by atoms with Crippen molar-refractivity contribution < 1.29 is 4.42 Å². The zero-order chi connectivity index (χ0) is 64.7. The molecule has 0 amide bonds. The van der Waals surface area contributed by atoms with Gasteiger partial charge in [0, 0.05) is 81.7 Å². The van der Waals surface area contributed by atoms with Crippen LogP contribution in [-0.4, -0.2) is 22.8 Å². The van der Waals surface area contributed by atoms with Crippen LogP contribution in [-0.2, 0) is 0 Å². The van der Waals surface area contributed by atoms with Crippen molar-refractivity contribution in [3.63, 3.8) is 0 Å². The second-order valence-corrected chi connectivity index (χ2v) is 27.8. The summed E-state index contributed by atoms with van der Waals surface area (Å²) in [6, 6.07) is 61.6. The third-order valence-electron chi connectivity index (χ3n) is 23.2. The molecule has 0 fully saturated rings. The van der Waals surface area contributed by atoms with Gasteiger partial charge < -0.3 is 27.3 Å². The van der Waals surface area contributed by atoms with Crippen LogP contribution in [0.15, 0.2) is 168 Å². The van der Waals surface area contributed by atoms with Gasteiger partial charge in [0.1, 0.15) is 11.2 Å². The van der Waals surface area contributed by atoms with E-state index in [4.69, 9.17) is 4.42 Å². The highest BCUT2D eigenvalue weighted by atomic mass is 16.3. The number of hydrogen-bond acceptors (Lipinski definition) is 1. The van der Waals surface area contributed by atoms with Gasteiger partial charge in [-0.3, -0.25) is 0 Å². The second kappa shape index (κ2) is 19.5. The Morgan fingerprint density at radius 2 is 0.511 bits per heavy atom.